The van der Waals surface area contributed by atoms with E-state index in [-0.39, 0.29) is 17.3 Å². The van der Waals surface area contributed by atoms with E-state index in [1.807, 2.05) is 13.0 Å². The minimum absolute atomic E-state index is 0.126. The number of ether oxygens (including phenoxy) is 2. The van der Waals surface area contributed by atoms with E-state index in [0.29, 0.717) is 29.6 Å². The van der Waals surface area contributed by atoms with Gasteiger partial charge in [-0.1, -0.05) is 6.07 Å². The molecule has 0 aliphatic heterocycles. The van der Waals surface area contributed by atoms with E-state index in [0.717, 1.165) is 5.56 Å². The zero-order valence-corrected chi connectivity index (χ0v) is 15.8. The molecule has 3 N–H and O–H groups in total. The average molecular weight is 383 g/mol. The van der Waals surface area contributed by atoms with Crippen molar-refractivity contribution in [1.82, 2.24) is 15.2 Å². The Morgan fingerprint density at radius 3 is 2.75 bits per heavy atom. The molecule has 0 fully saturated rings. The average Bonchev–Trinajstić information content (AvgIpc) is 3.22. The maximum atomic E-state index is 12.7. The maximum absolute atomic E-state index is 12.7. The smallest absolute Gasteiger partial charge is 0.259 e. The molecule has 0 aliphatic carbocycles. The summed E-state index contributed by atoms with van der Waals surface area (Å²) in [5.74, 6) is 0.572. The second-order valence-electron chi connectivity index (χ2n) is 6.08. The van der Waals surface area contributed by atoms with Crippen molar-refractivity contribution in [2.75, 3.05) is 25.3 Å². The molecule has 2 heterocycles. The van der Waals surface area contributed by atoms with Crippen LogP contribution < -0.4 is 15.8 Å². The van der Waals surface area contributed by atoms with Crippen molar-refractivity contribution >= 4 is 17.4 Å². The number of hydrogen-bond acceptors (Lipinski definition) is 8. The van der Waals surface area contributed by atoms with E-state index < -0.39 is 5.91 Å². The minimum Gasteiger partial charge on any atom is -0.495 e. The molecular formula is C19H21N5O4. The lowest BCUT2D eigenvalue weighted by Gasteiger charge is -2.15. The topological polar surface area (TPSA) is 125 Å². The van der Waals surface area contributed by atoms with E-state index in [1.54, 1.807) is 31.4 Å². The van der Waals surface area contributed by atoms with Gasteiger partial charge in [-0.2, -0.15) is 0 Å². The van der Waals surface area contributed by atoms with Crippen LogP contribution in [0.2, 0.25) is 0 Å². The van der Waals surface area contributed by atoms with Crippen LogP contribution in [0, 0.1) is 0 Å². The first-order chi connectivity index (χ1) is 13.5. The molecule has 0 saturated heterocycles. The quantitative estimate of drug-likeness (QED) is 0.638. The predicted octanol–water partition coefficient (Wildman–Crippen LogP) is 2.61. The van der Waals surface area contributed by atoms with Crippen LogP contribution in [0.1, 0.15) is 40.3 Å². The van der Waals surface area contributed by atoms with E-state index in [9.17, 15) is 4.79 Å². The number of nitrogens with two attached hydrogens (primary N) is 1. The highest BCUT2D eigenvalue weighted by Crippen LogP contribution is 2.31. The highest BCUT2D eigenvalue weighted by atomic mass is 16.5. The summed E-state index contributed by atoms with van der Waals surface area (Å²) in [5, 5.41) is 10.5. The number of hydrogen-bond donors (Lipinski definition) is 2. The molecule has 9 heteroatoms. The minimum atomic E-state index is -0.394. The van der Waals surface area contributed by atoms with Gasteiger partial charge in [0.05, 0.1) is 36.6 Å². The normalized spacial score (nSPS) is 11.8. The van der Waals surface area contributed by atoms with Crippen molar-refractivity contribution in [2.45, 2.75) is 19.4 Å². The van der Waals surface area contributed by atoms with Crippen molar-refractivity contribution in [3.8, 4) is 5.75 Å². The summed E-state index contributed by atoms with van der Waals surface area (Å²) >= 11 is 0. The predicted molar refractivity (Wildman–Crippen MR) is 102 cm³/mol. The number of pyridine rings is 1. The Hall–Kier alpha value is -3.46. The van der Waals surface area contributed by atoms with E-state index in [1.165, 1.54) is 13.5 Å². The lowest BCUT2D eigenvalue weighted by molar-refractivity contribution is 0.102. The number of benzene rings is 1. The Bertz CT molecular complexity index is 959. The largest absolute Gasteiger partial charge is 0.495 e. The lowest BCUT2D eigenvalue weighted by atomic mass is 10.00. The van der Waals surface area contributed by atoms with Gasteiger partial charge in [-0.25, -0.2) is 4.98 Å². The monoisotopic (exact) mass is 383 g/mol. The van der Waals surface area contributed by atoms with Crippen LogP contribution in [-0.2, 0) is 11.3 Å². The Balaban J connectivity index is 1.86. The fraction of sp³-hybridized carbons (Fsp3) is 0.263. The number of carbonyl (C=O) groups excluding carboxylic acids is 1. The third kappa shape index (κ3) is 4.09. The van der Waals surface area contributed by atoms with Crippen molar-refractivity contribution in [3.05, 3.63) is 59.4 Å². The number of anilines is 2. The van der Waals surface area contributed by atoms with Gasteiger partial charge < -0.3 is 24.9 Å². The molecule has 1 aromatic carbocycles. The van der Waals surface area contributed by atoms with Crippen LogP contribution in [0.5, 0.6) is 5.75 Å². The zero-order chi connectivity index (χ0) is 20.1. The first kappa shape index (κ1) is 19.3. The fourth-order valence-electron chi connectivity index (χ4n) is 2.73. The third-order valence-electron chi connectivity index (χ3n) is 4.24. The number of nitrogen functional groups attached to an aromatic ring is 1. The van der Waals surface area contributed by atoms with Crippen LogP contribution in [0.3, 0.4) is 0 Å². The molecule has 1 atom stereocenters. The first-order valence-electron chi connectivity index (χ1n) is 8.53. The molecule has 3 aromatic rings. The van der Waals surface area contributed by atoms with Gasteiger partial charge in [0.25, 0.3) is 5.91 Å². The summed E-state index contributed by atoms with van der Waals surface area (Å²) in [6, 6.07) is 8.75. The Kier molecular flexibility index (Phi) is 5.85. The summed E-state index contributed by atoms with van der Waals surface area (Å²) in [6.45, 7) is 2.24. The number of carbonyl (C=O) groups is 1. The van der Waals surface area contributed by atoms with Gasteiger partial charge in [-0.15, -0.1) is 10.2 Å². The molecule has 0 bridgehead atoms. The first-order valence-corrected chi connectivity index (χ1v) is 8.53. The molecule has 28 heavy (non-hydrogen) atoms. The molecule has 9 nitrogen and oxygen atoms in total. The molecule has 146 valence electrons. The van der Waals surface area contributed by atoms with Gasteiger partial charge in [0.2, 0.25) is 12.3 Å². The zero-order valence-electron chi connectivity index (χ0n) is 15.8. The molecule has 1 amide bonds. The number of nitrogens with zero attached hydrogens (tertiary/aromatic N) is 3. The molecular weight excluding hydrogens is 362 g/mol. The standard InChI is InChI=1S/C19H21N5O4/c1-11(19-24-21-10-28-19)12-4-7-16(27-3)15(8-12)23-18(25)14-6-5-13(9-26-2)22-17(14)20/h4-8,10-11H,9H2,1-3H3,(H2,20,22)(H,23,25). The fourth-order valence-corrected chi connectivity index (χ4v) is 2.73. The van der Waals surface area contributed by atoms with E-state index in [4.69, 9.17) is 19.6 Å². The van der Waals surface area contributed by atoms with Crippen LogP contribution in [0.4, 0.5) is 11.5 Å². The number of rotatable bonds is 7. The van der Waals surface area contributed by atoms with Crippen LogP contribution in [0.15, 0.2) is 41.1 Å². The number of methoxy groups -OCH3 is 2. The summed E-state index contributed by atoms with van der Waals surface area (Å²) in [4.78, 5) is 16.9. The van der Waals surface area contributed by atoms with Gasteiger partial charge in [-0.05, 0) is 36.8 Å². The molecule has 2 aromatic heterocycles. The molecule has 0 saturated carbocycles. The number of amides is 1. The molecule has 0 radical (unpaired) electrons. The maximum Gasteiger partial charge on any atom is 0.259 e. The van der Waals surface area contributed by atoms with Gasteiger partial charge in [-0.3, -0.25) is 4.79 Å². The van der Waals surface area contributed by atoms with Crippen LogP contribution >= 0.6 is 0 Å². The van der Waals surface area contributed by atoms with Crippen molar-refractivity contribution in [3.63, 3.8) is 0 Å². The number of aromatic nitrogens is 3. The molecule has 0 spiro atoms. The van der Waals surface area contributed by atoms with Gasteiger partial charge in [0.15, 0.2) is 0 Å². The van der Waals surface area contributed by atoms with Crippen LogP contribution in [-0.4, -0.2) is 35.3 Å². The van der Waals surface area contributed by atoms with Crippen molar-refractivity contribution in [2.24, 2.45) is 0 Å². The van der Waals surface area contributed by atoms with Crippen molar-refractivity contribution in [1.29, 1.82) is 0 Å². The highest BCUT2D eigenvalue weighted by molar-refractivity contribution is 6.07. The molecule has 1 unspecified atom stereocenters. The summed E-state index contributed by atoms with van der Waals surface area (Å²) in [6.07, 6.45) is 1.28. The number of nitrogens with one attached hydrogen (secondary N) is 1. The van der Waals surface area contributed by atoms with Gasteiger partial charge >= 0.3 is 0 Å². The highest BCUT2D eigenvalue weighted by Gasteiger charge is 2.18. The summed E-state index contributed by atoms with van der Waals surface area (Å²) in [7, 11) is 3.09. The lowest BCUT2D eigenvalue weighted by Crippen LogP contribution is -2.16. The SMILES string of the molecule is COCc1ccc(C(=O)Nc2cc(C(C)c3nnco3)ccc2OC)c(N)n1. The Labute approximate surface area is 161 Å². The second kappa shape index (κ2) is 8.49. The van der Waals surface area contributed by atoms with Gasteiger partial charge in [0, 0.05) is 7.11 Å². The molecule has 3 rings (SSSR count). The van der Waals surface area contributed by atoms with E-state index >= 15 is 0 Å². The van der Waals surface area contributed by atoms with Crippen LogP contribution in [0.25, 0.3) is 0 Å². The Morgan fingerprint density at radius 1 is 1.29 bits per heavy atom. The molecule has 0 aliphatic rings. The Morgan fingerprint density at radius 2 is 2.11 bits per heavy atom. The summed E-state index contributed by atoms with van der Waals surface area (Å²) in [5.41, 5.74) is 8.21. The summed E-state index contributed by atoms with van der Waals surface area (Å²) < 4.78 is 15.6. The van der Waals surface area contributed by atoms with Crippen molar-refractivity contribution < 1.29 is 18.7 Å². The third-order valence-corrected chi connectivity index (χ3v) is 4.24. The second-order valence-corrected chi connectivity index (χ2v) is 6.08. The van der Waals surface area contributed by atoms with Gasteiger partial charge in [0.1, 0.15) is 11.6 Å². The van der Waals surface area contributed by atoms with E-state index in [2.05, 4.69) is 20.5 Å².